The molecule has 180 valence electrons. The van der Waals surface area contributed by atoms with Crippen molar-refractivity contribution < 1.29 is 39.7 Å². The van der Waals surface area contributed by atoms with Gasteiger partial charge in [0.2, 0.25) is 0 Å². The summed E-state index contributed by atoms with van der Waals surface area (Å²) in [6, 6.07) is 13.0. The number of aromatic hydroxyl groups is 1. The van der Waals surface area contributed by atoms with Crippen LogP contribution in [0.15, 0.2) is 42.5 Å². The summed E-state index contributed by atoms with van der Waals surface area (Å²) in [7, 11) is 0. The first kappa shape index (κ1) is 23.9. The Morgan fingerprint density at radius 2 is 1.61 bits per heavy atom. The number of ether oxygens (including phenoxy) is 3. The van der Waals surface area contributed by atoms with Gasteiger partial charge >= 0.3 is 0 Å². The van der Waals surface area contributed by atoms with Crippen molar-refractivity contribution in [2.75, 3.05) is 6.61 Å². The van der Waals surface area contributed by atoms with Gasteiger partial charge in [-0.15, -0.1) is 0 Å². The third-order valence-electron chi connectivity index (χ3n) is 6.35. The van der Waals surface area contributed by atoms with Crippen LogP contribution in [-0.2, 0) is 22.3 Å². The molecule has 0 aromatic heterocycles. The maximum absolute atomic E-state index is 10.4. The molecule has 6 rings (SSSR count). The molecular formula is C25H32O8. The molecule has 8 nitrogen and oxygen atoms in total. The minimum Gasteiger partial charge on any atom is -0.504 e. The maximum atomic E-state index is 10.4. The van der Waals surface area contributed by atoms with E-state index in [1.54, 1.807) is 12.1 Å². The van der Waals surface area contributed by atoms with Gasteiger partial charge in [0.25, 0.3) is 0 Å². The van der Waals surface area contributed by atoms with Crippen molar-refractivity contribution in [3.05, 3.63) is 53.6 Å². The lowest BCUT2D eigenvalue weighted by atomic mass is 9.98. The first-order valence-corrected chi connectivity index (χ1v) is 11.5. The van der Waals surface area contributed by atoms with E-state index < -0.39 is 37.3 Å². The van der Waals surface area contributed by atoms with Gasteiger partial charge in [0, 0.05) is 0 Å². The summed E-state index contributed by atoms with van der Waals surface area (Å²) in [5.74, 6) is 1.15. The van der Waals surface area contributed by atoms with Crippen molar-refractivity contribution in [3.8, 4) is 17.2 Å². The fraction of sp³-hybridized carbons (Fsp3) is 0.520. The fourth-order valence-corrected chi connectivity index (χ4v) is 4.33. The molecule has 4 aliphatic rings. The summed E-state index contributed by atoms with van der Waals surface area (Å²) in [6.07, 6.45) is -2.08. The molecule has 4 heterocycles. The second-order valence-corrected chi connectivity index (χ2v) is 8.79. The molecule has 1 saturated heterocycles. The summed E-state index contributed by atoms with van der Waals surface area (Å²) in [4.78, 5) is 0. The molecule has 8 heteroatoms. The summed E-state index contributed by atoms with van der Waals surface area (Å²) >= 11 is 0. The van der Waals surface area contributed by atoms with Gasteiger partial charge in [0.05, 0.1) is 12.7 Å². The number of aliphatic hydroxyl groups is 4. The van der Waals surface area contributed by atoms with Crippen LogP contribution in [0.1, 0.15) is 36.8 Å². The van der Waals surface area contributed by atoms with Crippen molar-refractivity contribution in [2.24, 2.45) is 0 Å². The summed E-state index contributed by atoms with van der Waals surface area (Å²) in [5, 5.41) is 50.2. The zero-order valence-electron chi connectivity index (χ0n) is 18.4. The molecule has 0 saturated carbocycles. The van der Waals surface area contributed by atoms with E-state index in [-0.39, 0.29) is 11.9 Å². The maximum Gasteiger partial charge on any atom is 0.186 e. The van der Waals surface area contributed by atoms with E-state index in [0.29, 0.717) is 24.3 Å². The lowest BCUT2D eigenvalue weighted by Gasteiger charge is -2.41. The second-order valence-electron chi connectivity index (χ2n) is 8.79. The molecule has 0 aliphatic carbocycles. The van der Waals surface area contributed by atoms with Crippen molar-refractivity contribution in [1.29, 1.82) is 0 Å². The van der Waals surface area contributed by atoms with Gasteiger partial charge < -0.3 is 39.7 Å². The van der Waals surface area contributed by atoms with Crippen molar-refractivity contribution >= 4 is 0 Å². The Balaban J connectivity index is 1.49. The van der Waals surface area contributed by atoms with Crippen LogP contribution in [-0.4, -0.2) is 68.9 Å². The normalized spacial score (nSPS) is 30.8. The third kappa shape index (κ3) is 5.84. The van der Waals surface area contributed by atoms with Gasteiger partial charge in [-0.1, -0.05) is 24.6 Å². The van der Waals surface area contributed by atoms with E-state index in [0.717, 1.165) is 36.8 Å². The molecule has 0 amide bonds. The van der Waals surface area contributed by atoms with Gasteiger partial charge in [-0.2, -0.15) is 0 Å². The van der Waals surface area contributed by atoms with Crippen LogP contribution in [0.3, 0.4) is 0 Å². The van der Waals surface area contributed by atoms with Crippen LogP contribution in [0, 0.1) is 0 Å². The number of aryl methyl sites for hydroxylation is 2. The van der Waals surface area contributed by atoms with Crippen molar-refractivity contribution in [3.63, 3.8) is 0 Å². The molecule has 4 aliphatic heterocycles. The Hall–Kier alpha value is -2.20. The first-order valence-electron chi connectivity index (χ1n) is 11.5. The first-order chi connectivity index (χ1) is 15.9. The molecule has 6 atom stereocenters. The van der Waals surface area contributed by atoms with Gasteiger partial charge in [-0.25, -0.2) is 0 Å². The third-order valence-corrected chi connectivity index (χ3v) is 6.35. The molecule has 0 spiro atoms. The van der Waals surface area contributed by atoms with Crippen LogP contribution < -0.4 is 4.74 Å². The average Bonchev–Trinajstić information content (AvgIpc) is 2.82. The Kier molecular flexibility index (Phi) is 7.85. The molecule has 2 aromatic rings. The molecule has 2 aromatic carbocycles. The standard InChI is InChI=1S/C25H32O8/c26-14-21-22(28)23(29)24(30)25(33-21)32-17-4-2-1-3-16-8-12-20(19(27)13-16)31-18-10-6-15(5-9-17)7-11-18/h6-8,10-13,17,21-30H,1-5,9,14H2/t17-,21-,22-,23-,24-,25-/m1/s1. The van der Waals surface area contributed by atoms with E-state index in [1.165, 1.54) is 0 Å². The molecule has 5 N–H and O–H groups in total. The number of benzene rings is 2. The van der Waals surface area contributed by atoms with Crippen LogP contribution in [0.2, 0.25) is 0 Å². The second kappa shape index (κ2) is 10.8. The highest BCUT2D eigenvalue weighted by Crippen LogP contribution is 2.33. The highest BCUT2D eigenvalue weighted by atomic mass is 16.7. The van der Waals surface area contributed by atoms with Gasteiger partial charge in [-0.05, 0) is 67.5 Å². The van der Waals surface area contributed by atoms with Crippen molar-refractivity contribution in [2.45, 2.75) is 75.3 Å². The number of rotatable bonds is 3. The monoisotopic (exact) mass is 460 g/mol. The zero-order chi connectivity index (χ0) is 23.4. The highest BCUT2D eigenvalue weighted by molar-refractivity contribution is 5.44. The van der Waals surface area contributed by atoms with Gasteiger partial charge in [0.15, 0.2) is 17.8 Å². The van der Waals surface area contributed by atoms with E-state index >= 15 is 0 Å². The highest BCUT2D eigenvalue weighted by Gasteiger charge is 2.44. The van der Waals surface area contributed by atoms with Gasteiger partial charge in [0.1, 0.15) is 30.2 Å². The van der Waals surface area contributed by atoms with E-state index in [9.17, 15) is 25.5 Å². The molecule has 1 fully saturated rings. The van der Waals surface area contributed by atoms with Crippen molar-refractivity contribution in [1.82, 2.24) is 0 Å². The van der Waals surface area contributed by atoms with E-state index in [2.05, 4.69) is 0 Å². The number of fused-ring (bicyclic) bond motifs is 2. The summed E-state index contributed by atoms with van der Waals surface area (Å²) in [5.41, 5.74) is 2.09. The Bertz CT molecular complexity index is 900. The lowest BCUT2D eigenvalue weighted by molar-refractivity contribution is -0.312. The molecular weight excluding hydrogens is 428 g/mol. The van der Waals surface area contributed by atoms with Crippen LogP contribution >= 0.6 is 0 Å². The lowest BCUT2D eigenvalue weighted by Crippen LogP contribution is -2.59. The van der Waals surface area contributed by atoms with Gasteiger partial charge in [-0.3, -0.25) is 0 Å². The average molecular weight is 461 g/mol. The minimum absolute atomic E-state index is 0.104. The molecule has 0 radical (unpaired) electrons. The number of hydrogen-bond acceptors (Lipinski definition) is 8. The largest absolute Gasteiger partial charge is 0.504 e. The Morgan fingerprint density at radius 1 is 0.848 bits per heavy atom. The van der Waals surface area contributed by atoms with Crippen LogP contribution in [0.5, 0.6) is 17.2 Å². The number of aliphatic hydroxyl groups excluding tert-OH is 4. The summed E-state index contributed by atoms with van der Waals surface area (Å²) < 4.78 is 17.4. The number of phenolic OH excluding ortho intramolecular Hbond substituents is 1. The van der Waals surface area contributed by atoms with Crippen LogP contribution in [0.4, 0.5) is 0 Å². The molecule has 0 unspecified atom stereocenters. The quantitative estimate of drug-likeness (QED) is 0.471. The SMILES string of the molecule is OC[C@H]1O[C@@H](O[C@@H]2CCCCc3ccc(c(O)c3)Oc3ccc(cc3)CC2)[C@H](O)[C@H](O)[C@@H]1O. The van der Waals surface area contributed by atoms with Crippen LogP contribution in [0.25, 0.3) is 0 Å². The zero-order valence-corrected chi connectivity index (χ0v) is 18.4. The van der Waals surface area contributed by atoms with E-state index in [1.807, 2.05) is 30.3 Å². The predicted molar refractivity (Wildman–Crippen MR) is 119 cm³/mol. The summed E-state index contributed by atoms with van der Waals surface area (Å²) in [6.45, 7) is -0.491. The minimum atomic E-state index is -1.46. The van der Waals surface area contributed by atoms with E-state index in [4.69, 9.17) is 14.2 Å². The number of phenols is 1. The smallest absolute Gasteiger partial charge is 0.186 e. The topological polar surface area (TPSA) is 129 Å². The molecule has 33 heavy (non-hydrogen) atoms. The Morgan fingerprint density at radius 3 is 2.33 bits per heavy atom. The predicted octanol–water partition coefficient (Wildman–Crippen LogP) is 2.03. The Labute approximate surface area is 193 Å². The number of hydrogen-bond donors (Lipinski definition) is 5. The fourth-order valence-electron chi connectivity index (χ4n) is 4.33. The molecule has 4 bridgehead atoms.